The van der Waals surface area contributed by atoms with Crippen LogP contribution in [-0.4, -0.2) is 32.8 Å². The second kappa shape index (κ2) is 5.76. The molecule has 0 saturated heterocycles. The highest BCUT2D eigenvalue weighted by atomic mass is 16.2. The highest BCUT2D eigenvalue weighted by Gasteiger charge is 2.20. The number of pyridine rings is 1. The van der Waals surface area contributed by atoms with Gasteiger partial charge >= 0.3 is 0 Å². The molecule has 4 N–H and O–H groups in total. The van der Waals surface area contributed by atoms with Gasteiger partial charge in [0.1, 0.15) is 11.7 Å². The number of carbonyl (C=O) groups excluding carboxylic acids is 2. The van der Waals surface area contributed by atoms with Crippen molar-refractivity contribution in [2.45, 2.75) is 12.5 Å². The Balaban J connectivity index is 2.05. The summed E-state index contributed by atoms with van der Waals surface area (Å²) in [6, 6.07) is 4.14. The molecule has 2 amide bonds. The quantitative estimate of drug-likeness (QED) is 0.679. The summed E-state index contributed by atoms with van der Waals surface area (Å²) in [6.45, 7) is 0. The van der Waals surface area contributed by atoms with Crippen molar-refractivity contribution in [3.05, 3.63) is 48.3 Å². The third-order valence-electron chi connectivity index (χ3n) is 2.53. The van der Waals surface area contributed by atoms with E-state index in [2.05, 4.69) is 20.3 Å². The molecular weight excluding hydrogens is 246 g/mol. The van der Waals surface area contributed by atoms with Crippen LogP contribution in [0, 0.1) is 0 Å². The van der Waals surface area contributed by atoms with Gasteiger partial charge in [-0.15, -0.1) is 0 Å². The number of aromatic nitrogens is 3. The van der Waals surface area contributed by atoms with E-state index in [4.69, 9.17) is 5.73 Å². The summed E-state index contributed by atoms with van der Waals surface area (Å²) in [5, 5.41) is 2.55. The molecule has 0 bridgehead atoms. The molecule has 0 radical (unpaired) electrons. The monoisotopic (exact) mass is 259 g/mol. The lowest BCUT2D eigenvalue weighted by Crippen LogP contribution is -2.46. The minimum absolute atomic E-state index is 0.235. The molecule has 0 saturated carbocycles. The number of carbonyl (C=O) groups is 2. The lowest BCUT2D eigenvalue weighted by Gasteiger charge is -2.14. The van der Waals surface area contributed by atoms with Crippen LogP contribution >= 0.6 is 0 Å². The van der Waals surface area contributed by atoms with Crippen molar-refractivity contribution in [3.8, 4) is 0 Å². The fraction of sp³-hybridized carbons (Fsp3) is 0.167. The van der Waals surface area contributed by atoms with Crippen LogP contribution < -0.4 is 11.1 Å². The number of imidazole rings is 1. The van der Waals surface area contributed by atoms with Crippen LogP contribution in [0.2, 0.25) is 0 Å². The molecule has 0 aliphatic rings. The Kier molecular flexibility index (Phi) is 3.87. The third-order valence-corrected chi connectivity index (χ3v) is 2.53. The summed E-state index contributed by atoms with van der Waals surface area (Å²) in [5.74, 6) is -1.05. The highest BCUT2D eigenvalue weighted by molar-refractivity contribution is 5.95. The number of nitrogens with zero attached hydrogens (tertiary/aromatic N) is 2. The first-order valence-electron chi connectivity index (χ1n) is 5.65. The first-order valence-corrected chi connectivity index (χ1v) is 5.65. The van der Waals surface area contributed by atoms with Crippen LogP contribution in [0.25, 0.3) is 0 Å². The summed E-state index contributed by atoms with van der Waals surface area (Å²) >= 11 is 0. The maximum absolute atomic E-state index is 11.9. The number of H-pyrrole nitrogens is 1. The molecule has 98 valence electrons. The number of nitrogens with two attached hydrogens (primary N) is 1. The molecule has 2 heterocycles. The van der Waals surface area contributed by atoms with Gasteiger partial charge in [-0.2, -0.15) is 0 Å². The summed E-state index contributed by atoms with van der Waals surface area (Å²) in [5.41, 5.74) is 6.22. The van der Waals surface area contributed by atoms with E-state index in [1.54, 1.807) is 24.4 Å². The molecule has 2 aromatic rings. The Labute approximate surface area is 109 Å². The van der Waals surface area contributed by atoms with Crippen LogP contribution in [-0.2, 0) is 11.2 Å². The average Bonchev–Trinajstić information content (AvgIpc) is 2.91. The molecule has 0 spiro atoms. The number of rotatable bonds is 5. The highest BCUT2D eigenvalue weighted by Crippen LogP contribution is 2.00. The smallest absolute Gasteiger partial charge is 0.270 e. The van der Waals surface area contributed by atoms with Crippen molar-refractivity contribution in [2.75, 3.05) is 0 Å². The topological polar surface area (TPSA) is 114 Å². The van der Waals surface area contributed by atoms with E-state index >= 15 is 0 Å². The van der Waals surface area contributed by atoms with Gasteiger partial charge in [0, 0.05) is 24.5 Å². The maximum Gasteiger partial charge on any atom is 0.270 e. The molecule has 0 fully saturated rings. The standard InChI is InChI=1S/C12H13N5O2/c13-11(18)10(5-8-6-14-7-16-8)17-12(19)9-3-1-2-4-15-9/h1-4,6-7,10H,5H2,(H2,13,18)(H,14,16)(H,17,19). The Bertz CT molecular complexity index is 553. The van der Waals surface area contributed by atoms with Crippen LogP contribution in [0.3, 0.4) is 0 Å². The number of nitrogens with one attached hydrogen (secondary N) is 2. The Hall–Kier alpha value is -2.70. The SMILES string of the molecule is NC(=O)C(Cc1cnc[nH]1)NC(=O)c1ccccn1. The van der Waals surface area contributed by atoms with Gasteiger partial charge in [0.05, 0.1) is 6.33 Å². The molecular formula is C12H13N5O2. The zero-order valence-electron chi connectivity index (χ0n) is 10.0. The lowest BCUT2D eigenvalue weighted by molar-refractivity contribution is -0.119. The van der Waals surface area contributed by atoms with E-state index in [1.807, 2.05) is 0 Å². The van der Waals surface area contributed by atoms with Crippen LogP contribution in [0.1, 0.15) is 16.2 Å². The van der Waals surface area contributed by atoms with E-state index in [0.29, 0.717) is 5.69 Å². The second-order valence-corrected chi connectivity index (χ2v) is 3.92. The number of primary amides is 1. The molecule has 1 atom stereocenters. The van der Waals surface area contributed by atoms with E-state index in [1.165, 1.54) is 12.5 Å². The lowest BCUT2D eigenvalue weighted by atomic mass is 10.1. The van der Waals surface area contributed by atoms with E-state index in [-0.39, 0.29) is 12.1 Å². The fourth-order valence-electron chi connectivity index (χ4n) is 1.57. The van der Waals surface area contributed by atoms with Gasteiger partial charge in [-0.05, 0) is 12.1 Å². The summed E-state index contributed by atoms with van der Waals surface area (Å²) in [4.78, 5) is 33.8. The van der Waals surface area contributed by atoms with Gasteiger partial charge in [-0.3, -0.25) is 14.6 Å². The van der Waals surface area contributed by atoms with Gasteiger partial charge in [0.2, 0.25) is 5.91 Å². The van der Waals surface area contributed by atoms with Gasteiger partial charge in [0.15, 0.2) is 0 Å². The molecule has 0 aliphatic carbocycles. The molecule has 2 aromatic heterocycles. The van der Waals surface area contributed by atoms with Crippen molar-refractivity contribution in [2.24, 2.45) is 5.73 Å². The molecule has 0 aromatic carbocycles. The zero-order chi connectivity index (χ0) is 13.7. The number of hydrogen-bond donors (Lipinski definition) is 3. The van der Waals surface area contributed by atoms with Crippen LogP contribution in [0.5, 0.6) is 0 Å². The summed E-state index contributed by atoms with van der Waals surface area (Å²) in [7, 11) is 0. The molecule has 1 unspecified atom stereocenters. The molecule has 0 aliphatic heterocycles. The zero-order valence-corrected chi connectivity index (χ0v) is 10.0. The first kappa shape index (κ1) is 12.7. The van der Waals surface area contributed by atoms with E-state index in [9.17, 15) is 9.59 Å². The number of amides is 2. The molecule has 19 heavy (non-hydrogen) atoms. The Morgan fingerprint density at radius 1 is 1.42 bits per heavy atom. The van der Waals surface area contributed by atoms with E-state index in [0.717, 1.165) is 0 Å². The van der Waals surface area contributed by atoms with Crippen LogP contribution in [0.15, 0.2) is 36.9 Å². The van der Waals surface area contributed by atoms with Gasteiger partial charge in [0.25, 0.3) is 5.91 Å². The largest absolute Gasteiger partial charge is 0.368 e. The summed E-state index contributed by atoms with van der Waals surface area (Å²) < 4.78 is 0. The van der Waals surface area contributed by atoms with Gasteiger partial charge in [-0.1, -0.05) is 6.07 Å². The second-order valence-electron chi connectivity index (χ2n) is 3.92. The Morgan fingerprint density at radius 2 is 2.26 bits per heavy atom. The van der Waals surface area contributed by atoms with Crippen LogP contribution in [0.4, 0.5) is 0 Å². The average molecular weight is 259 g/mol. The van der Waals surface area contributed by atoms with Gasteiger partial charge < -0.3 is 16.0 Å². The first-order chi connectivity index (χ1) is 9.16. The number of aromatic amines is 1. The third kappa shape index (κ3) is 3.38. The number of hydrogen-bond acceptors (Lipinski definition) is 4. The minimum atomic E-state index is -0.810. The Morgan fingerprint density at radius 3 is 2.84 bits per heavy atom. The summed E-state index contributed by atoms with van der Waals surface area (Å²) in [6.07, 6.45) is 4.83. The van der Waals surface area contributed by atoms with E-state index < -0.39 is 17.9 Å². The van der Waals surface area contributed by atoms with Crippen molar-refractivity contribution in [3.63, 3.8) is 0 Å². The molecule has 2 rings (SSSR count). The molecule has 7 heteroatoms. The predicted molar refractivity (Wildman–Crippen MR) is 67.0 cm³/mol. The van der Waals surface area contributed by atoms with Crippen molar-refractivity contribution in [1.29, 1.82) is 0 Å². The van der Waals surface area contributed by atoms with Gasteiger partial charge in [-0.25, -0.2) is 4.98 Å². The fourth-order valence-corrected chi connectivity index (χ4v) is 1.57. The van der Waals surface area contributed by atoms with Crippen molar-refractivity contribution in [1.82, 2.24) is 20.3 Å². The maximum atomic E-state index is 11.9. The normalized spacial score (nSPS) is 11.8. The van der Waals surface area contributed by atoms with Crippen molar-refractivity contribution < 1.29 is 9.59 Å². The molecule has 7 nitrogen and oxygen atoms in total. The minimum Gasteiger partial charge on any atom is -0.368 e. The van der Waals surface area contributed by atoms with Crippen molar-refractivity contribution >= 4 is 11.8 Å². The predicted octanol–water partition coefficient (Wildman–Crippen LogP) is -0.369.